The molecule has 5 rings (SSSR count). The minimum Gasteiger partial charge on any atom is -0.493 e. The fourth-order valence-corrected chi connectivity index (χ4v) is 3.99. The second-order valence-corrected chi connectivity index (χ2v) is 6.79. The van der Waals surface area contributed by atoms with Gasteiger partial charge in [0.05, 0.1) is 18.0 Å². The number of hydrogen-bond acceptors (Lipinski definition) is 5. The predicted molar refractivity (Wildman–Crippen MR) is 91.9 cm³/mol. The highest BCUT2D eigenvalue weighted by Gasteiger charge is 2.61. The lowest BCUT2D eigenvalue weighted by Crippen LogP contribution is -2.26. The van der Waals surface area contributed by atoms with Crippen molar-refractivity contribution < 1.29 is 19.0 Å². The second kappa shape index (κ2) is 5.05. The molecule has 6 heteroatoms. The summed E-state index contributed by atoms with van der Waals surface area (Å²) >= 11 is 0. The van der Waals surface area contributed by atoms with Crippen LogP contribution in [-0.4, -0.2) is 19.3 Å². The zero-order chi connectivity index (χ0) is 17.0. The molecule has 2 atom stereocenters. The van der Waals surface area contributed by atoms with Crippen molar-refractivity contribution in [2.45, 2.75) is 18.3 Å². The lowest BCUT2D eigenvalue weighted by atomic mass is 9.87. The lowest BCUT2D eigenvalue weighted by Gasteiger charge is -2.26. The van der Waals surface area contributed by atoms with Gasteiger partial charge in [-0.15, -0.1) is 0 Å². The first kappa shape index (κ1) is 14.5. The van der Waals surface area contributed by atoms with Crippen LogP contribution in [0.2, 0.25) is 0 Å². The van der Waals surface area contributed by atoms with Crippen LogP contribution in [0.1, 0.15) is 18.4 Å². The van der Waals surface area contributed by atoms with E-state index in [9.17, 15) is 4.79 Å². The summed E-state index contributed by atoms with van der Waals surface area (Å²) in [5.74, 6) is 2.03. The Hall–Kier alpha value is -2.89. The number of amides is 1. The molecule has 2 heterocycles. The van der Waals surface area contributed by atoms with E-state index in [-0.39, 0.29) is 24.0 Å². The number of anilines is 2. The lowest BCUT2D eigenvalue weighted by molar-refractivity contribution is -0.117. The Morgan fingerprint density at radius 1 is 1.12 bits per heavy atom. The van der Waals surface area contributed by atoms with E-state index < -0.39 is 0 Å². The highest BCUT2D eigenvalue weighted by atomic mass is 16.7. The Morgan fingerprint density at radius 2 is 1.92 bits per heavy atom. The molecule has 0 bridgehead atoms. The molecule has 1 amide bonds. The normalized spacial score (nSPS) is 25.2. The number of benzene rings is 2. The highest BCUT2D eigenvalue weighted by Crippen LogP contribution is 2.61. The van der Waals surface area contributed by atoms with Crippen LogP contribution in [0.25, 0.3) is 0 Å². The fourth-order valence-electron chi connectivity index (χ4n) is 3.99. The van der Waals surface area contributed by atoms with E-state index in [2.05, 4.69) is 11.4 Å². The van der Waals surface area contributed by atoms with Gasteiger partial charge in [0.2, 0.25) is 12.7 Å². The van der Waals surface area contributed by atoms with Gasteiger partial charge < -0.3 is 25.3 Å². The Bertz CT molecular complexity index is 882. The summed E-state index contributed by atoms with van der Waals surface area (Å²) in [6, 6.07) is 11.4. The van der Waals surface area contributed by atoms with E-state index in [0.717, 1.165) is 24.2 Å². The standard InChI is InChI=1S/C19H18N2O4/c20-13-7-16-17(25-10-24-16)8-14(13)21-18(22)12-9-19(12)5-6-23-15-4-2-1-3-11(15)19/h1-4,7-8,12H,5-6,9-10,20H2,(H,21,22)/t12-,19-/m1/s1. The Labute approximate surface area is 144 Å². The summed E-state index contributed by atoms with van der Waals surface area (Å²) in [5, 5.41) is 2.96. The SMILES string of the molecule is Nc1cc2c(cc1NC(=O)[C@H]1C[C@@]13CCOc1ccccc13)OCO2. The van der Waals surface area contributed by atoms with Gasteiger partial charge in [-0.2, -0.15) is 0 Å². The molecule has 2 aliphatic heterocycles. The van der Waals surface area contributed by atoms with Crippen LogP contribution in [0.5, 0.6) is 17.2 Å². The number of nitrogens with two attached hydrogens (primary N) is 1. The summed E-state index contributed by atoms with van der Waals surface area (Å²) in [6.45, 7) is 0.821. The molecule has 0 saturated heterocycles. The molecule has 1 saturated carbocycles. The number of para-hydroxylation sites is 1. The first-order valence-electron chi connectivity index (χ1n) is 8.40. The average molecular weight is 338 g/mol. The van der Waals surface area contributed by atoms with Crippen LogP contribution in [0.4, 0.5) is 11.4 Å². The average Bonchev–Trinajstić information content (AvgIpc) is 3.15. The number of nitrogens with one attached hydrogen (secondary N) is 1. The van der Waals surface area contributed by atoms with E-state index in [4.69, 9.17) is 19.9 Å². The molecule has 3 N–H and O–H groups in total. The second-order valence-electron chi connectivity index (χ2n) is 6.79. The number of ether oxygens (including phenoxy) is 3. The summed E-state index contributed by atoms with van der Waals surface area (Å²) < 4.78 is 16.4. The number of fused-ring (bicyclic) bond motifs is 3. The van der Waals surface area contributed by atoms with Crippen LogP contribution < -0.4 is 25.3 Å². The van der Waals surface area contributed by atoms with E-state index in [1.807, 2.05) is 18.2 Å². The summed E-state index contributed by atoms with van der Waals surface area (Å²) in [7, 11) is 0. The fraction of sp³-hybridized carbons (Fsp3) is 0.316. The number of carbonyl (C=O) groups is 1. The van der Waals surface area contributed by atoms with Crippen LogP contribution >= 0.6 is 0 Å². The van der Waals surface area contributed by atoms with Gasteiger partial charge in [-0.3, -0.25) is 4.79 Å². The topological polar surface area (TPSA) is 82.8 Å². The molecule has 1 aliphatic carbocycles. The Balaban J connectivity index is 1.39. The van der Waals surface area contributed by atoms with Gasteiger partial charge in [-0.05, 0) is 18.9 Å². The van der Waals surface area contributed by atoms with E-state index in [1.54, 1.807) is 12.1 Å². The summed E-state index contributed by atoms with van der Waals surface area (Å²) in [4.78, 5) is 12.8. The predicted octanol–water partition coefficient (Wildman–Crippen LogP) is 2.68. The quantitative estimate of drug-likeness (QED) is 0.823. The maximum atomic E-state index is 12.8. The number of hydrogen-bond donors (Lipinski definition) is 2. The zero-order valence-electron chi connectivity index (χ0n) is 13.6. The molecule has 0 radical (unpaired) electrons. The maximum absolute atomic E-state index is 12.8. The van der Waals surface area contributed by atoms with Crippen molar-refractivity contribution in [2.24, 2.45) is 5.92 Å². The van der Waals surface area contributed by atoms with E-state index in [1.165, 1.54) is 0 Å². The maximum Gasteiger partial charge on any atom is 0.231 e. The zero-order valence-corrected chi connectivity index (χ0v) is 13.6. The van der Waals surface area contributed by atoms with Crippen molar-refractivity contribution in [1.82, 2.24) is 0 Å². The number of carbonyl (C=O) groups excluding carboxylic acids is 1. The molecule has 128 valence electrons. The van der Waals surface area contributed by atoms with Crippen molar-refractivity contribution in [3.8, 4) is 17.2 Å². The first-order valence-corrected chi connectivity index (χ1v) is 8.40. The molecule has 25 heavy (non-hydrogen) atoms. The molecular weight excluding hydrogens is 320 g/mol. The molecule has 6 nitrogen and oxygen atoms in total. The number of rotatable bonds is 2. The van der Waals surface area contributed by atoms with Gasteiger partial charge in [0, 0.05) is 29.0 Å². The molecule has 2 aromatic carbocycles. The van der Waals surface area contributed by atoms with Gasteiger partial charge in [-0.1, -0.05) is 18.2 Å². The van der Waals surface area contributed by atoms with Crippen LogP contribution in [0.3, 0.4) is 0 Å². The molecule has 0 unspecified atom stereocenters. The Kier molecular flexibility index (Phi) is 2.92. The third kappa shape index (κ3) is 2.13. The van der Waals surface area contributed by atoms with E-state index in [0.29, 0.717) is 29.5 Å². The van der Waals surface area contributed by atoms with Gasteiger partial charge in [-0.25, -0.2) is 0 Å². The van der Waals surface area contributed by atoms with Crippen LogP contribution in [0.15, 0.2) is 36.4 Å². The first-order chi connectivity index (χ1) is 12.2. The minimum atomic E-state index is -0.107. The molecule has 1 spiro atoms. The largest absolute Gasteiger partial charge is 0.493 e. The smallest absolute Gasteiger partial charge is 0.231 e. The van der Waals surface area contributed by atoms with Crippen LogP contribution in [0, 0.1) is 5.92 Å². The van der Waals surface area contributed by atoms with Gasteiger partial charge in [0.1, 0.15) is 5.75 Å². The minimum absolute atomic E-state index is 0.0118. The van der Waals surface area contributed by atoms with Gasteiger partial charge in [0.15, 0.2) is 11.5 Å². The molecule has 2 aromatic rings. The van der Waals surface area contributed by atoms with Gasteiger partial charge >= 0.3 is 0 Å². The van der Waals surface area contributed by atoms with Crippen molar-refractivity contribution in [1.29, 1.82) is 0 Å². The molecule has 0 aromatic heterocycles. The van der Waals surface area contributed by atoms with Crippen LogP contribution in [-0.2, 0) is 10.2 Å². The molecular formula is C19H18N2O4. The summed E-state index contributed by atoms with van der Waals surface area (Å²) in [6.07, 6.45) is 1.70. The van der Waals surface area contributed by atoms with E-state index >= 15 is 0 Å². The molecule has 1 fully saturated rings. The summed E-state index contributed by atoms with van der Waals surface area (Å²) in [5.41, 5.74) is 8.11. The monoisotopic (exact) mass is 338 g/mol. The van der Waals surface area contributed by atoms with Crippen molar-refractivity contribution >= 4 is 17.3 Å². The van der Waals surface area contributed by atoms with Crippen molar-refractivity contribution in [2.75, 3.05) is 24.5 Å². The molecule has 3 aliphatic rings. The highest BCUT2D eigenvalue weighted by molar-refractivity contribution is 5.99. The number of nitrogen functional groups attached to an aromatic ring is 1. The third-order valence-corrected chi connectivity index (χ3v) is 5.42. The van der Waals surface area contributed by atoms with Gasteiger partial charge in [0.25, 0.3) is 0 Å². The van der Waals surface area contributed by atoms with Crippen molar-refractivity contribution in [3.05, 3.63) is 42.0 Å². The Morgan fingerprint density at radius 3 is 2.80 bits per heavy atom. The third-order valence-electron chi connectivity index (χ3n) is 5.42. The van der Waals surface area contributed by atoms with Crippen molar-refractivity contribution in [3.63, 3.8) is 0 Å².